The van der Waals surface area contributed by atoms with Gasteiger partial charge in [0, 0.05) is 23.9 Å². The summed E-state index contributed by atoms with van der Waals surface area (Å²) in [5.41, 5.74) is 0.609. The highest BCUT2D eigenvalue weighted by molar-refractivity contribution is 5.92. The largest absolute Gasteiger partial charge is 0.325 e. The molecule has 20 heavy (non-hydrogen) atoms. The molecule has 1 heterocycles. The van der Waals surface area contributed by atoms with Gasteiger partial charge in [-0.05, 0) is 38.4 Å². The van der Waals surface area contributed by atoms with Crippen LogP contribution in [-0.2, 0) is 4.79 Å². The summed E-state index contributed by atoms with van der Waals surface area (Å²) in [5.74, 6) is -0.0763. The van der Waals surface area contributed by atoms with Gasteiger partial charge >= 0.3 is 0 Å². The Hall–Kier alpha value is -1.95. The fourth-order valence-electron chi connectivity index (χ4n) is 2.44. The molecule has 2 rings (SSSR count). The Morgan fingerprint density at radius 1 is 1.40 bits per heavy atom. The number of rotatable bonds is 4. The highest BCUT2D eigenvalue weighted by Crippen LogP contribution is 2.17. The summed E-state index contributed by atoms with van der Waals surface area (Å²) in [6.45, 7) is 3.46. The van der Waals surface area contributed by atoms with Crippen molar-refractivity contribution < 1.29 is 9.72 Å². The van der Waals surface area contributed by atoms with Gasteiger partial charge in [-0.15, -0.1) is 0 Å². The average molecular weight is 277 g/mol. The van der Waals surface area contributed by atoms with E-state index in [-0.39, 0.29) is 11.6 Å². The van der Waals surface area contributed by atoms with Crippen LogP contribution in [0.4, 0.5) is 11.4 Å². The standard InChI is InChI=1S/C14H19N3O3/c1-11-4-2-3-9-16(11)10-14(18)15-12-5-7-13(8-6-12)17(19)20/h5-8,11H,2-4,9-10H2,1H3,(H,15,18)/t11-/m0/s1. The van der Waals surface area contributed by atoms with Gasteiger partial charge in [-0.3, -0.25) is 19.8 Å². The van der Waals surface area contributed by atoms with Crippen molar-refractivity contribution in [1.29, 1.82) is 0 Å². The van der Waals surface area contributed by atoms with E-state index in [1.54, 1.807) is 12.1 Å². The van der Waals surface area contributed by atoms with E-state index < -0.39 is 4.92 Å². The molecule has 1 aliphatic rings. The van der Waals surface area contributed by atoms with E-state index in [4.69, 9.17) is 0 Å². The summed E-state index contributed by atoms with van der Waals surface area (Å²) in [5, 5.41) is 13.3. The lowest BCUT2D eigenvalue weighted by Gasteiger charge is -2.32. The zero-order valence-electron chi connectivity index (χ0n) is 11.5. The molecule has 1 atom stereocenters. The third-order valence-electron chi connectivity index (χ3n) is 3.65. The molecule has 1 fully saturated rings. The van der Waals surface area contributed by atoms with Crippen LogP contribution in [0.2, 0.25) is 0 Å². The Morgan fingerprint density at radius 2 is 2.10 bits per heavy atom. The first-order chi connectivity index (χ1) is 9.56. The maximum atomic E-state index is 12.0. The van der Waals surface area contributed by atoms with Crippen LogP contribution in [0.15, 0.2) is 24.3 Å². The van der Waals surface area contributed by atoms with Gasteiger partial charge in [0.2, 0.25) is 5.91 Å². The van der Waals surface area contributed by atoms with Crippen LogP contribution in [0.25, 0.3) is 0 Å². The minimum Gasteiger partial charge on any atom is -0.325 e. The number of carbonyl (C=O) groups is 1. The van der Waals surface area contributed by atoms with Crippen LogP contribution in [-0.4, -0.2) is 34.9 Å². The summed E-state index contributed by atoms with van der Waals surface area (Å²) in [6.07, 6.45) is 3.49. The summed E-state index contributed by atoms with van der Waals surface area (Å²) in [7, 11) is 0. The molecule has 0 unspecified atom stereocenters. The Bertz CT molecular complexity index is 487. The number of non-ortho nitro benzene ring substituents is 1. The molecule has 0 aromatic heterocycles. The van der Waals surface area contributed by atoms with Gasteiger partial charge < -0.3 is 5.32 Å². The van der Waals surface area contributed by atoms with Crippen molar-refractivity contribution in [3.8, 4) is 0 Å². The van der Waals surface area contributed by atoms with Crippen molar-refractivity contribution in [2.75, 3.05) is 18.4 Å². The van der Waals surface area contributed by atoms with Crippen molar-refractivity contribution >= 4 is 17.3 Å². The number of benzene rings is 1. The third kappa shape index (κ3) is 3.77. The normalized spacial score (nSPS) is 19.6. The Kier molecular flexibility index (Phi) is 4.68. The molecule has 0 bridgehead atoms. The summed E-state index contributed by atoms with van der Waals surface area (Å²) < 4.78 is 0. The molecule has 0 aliphatic carbocycles. The molecule has 0 spiro atoms. The zero-order chi connectivity index (χ0) is 14.5. The topological polar surface area (TPSA) is 75.5 Å². The number of hydrogen-bond donors (Lipinski definition) is 1. The molecule has 6 nitrogen and oxygen atoms in total. The van der Waals surface area contributed by atoms with Gasteiger partial charge in [-0.25, -0.2) is 0 Å². The van der Waals surface area contributed by atoms with Crippen molar-refractivity contribution in [2.24, 2.45) is 0 Å². The van der Waals surface area contributed by atoms with Gasteiger partial charge in [-0.2, -0.15) is 0 Å². The Labute approximate surface area is 117 Å². The first-order valence-corrected chi connectivity index (χ1v) is 6.84. The molecule has 0 radical (unpaired) electrons. The predicted molar refractivity (Wildman–Crippen MR) is 76.6 cm³/mol. The lowest BCUT2D eigenvalue weighted by molar-refractivity contribution is -0.384. The Morgan fingerprint density at radius 3 is 2.70 bits per heavy atom. The molecule has 1 saturated heterocycles. The first-order valence-electron chi connectivity index (χ1n) is 6.84. The second-order valence-electron chi connectivity index (χ2n) is 5.17. The average Bonchev–Trinajstić information content (AvgIpc) is 2.42. The smallest absolute Gasteiger partial charge is 0.269 e. The van der Waals surface area contributed by atoms with Gasteiger partial charge in [0.1, 0.15) is 0 Å². The van der Waals surface area contributed by atoms with E-state index in [2.05, 4.69) is 17.1 Å². The summed E-state index contributed by atoms with van der Waals surface area (Å²) in [6, 6.07) is 6.32. The van der Waals surface area contributed by atoms with Crippen LogP contribution in [0.3, 0.4) is 0 Å². The second-order valence-corrected chi connectivity index (χ2v) is 5.17. The molecule has 1 amide bonds. The van der Waals surface area contributed by atoms with E-state index in [9.17, 15) is 14.9 Å². The number of nitrogens with zero attached hydrogens (tertiary/aromatic N) is 2. The number of likely N-dealkylation sites (tertiary alicyclic amines) is 1. The number of piperidine rings is 1. The maximum Gasteiger partial charge on any atom is 0.269 e. The predicted octanol–water partition coefficient (Wildman–Crippen LogP) is 2.41. The molecule has 1 aromatic rings. The number of anilines is 1. The summed E-state index contributed by atoms with van der Waals surface area (Å²) >= 11 is 0. The monoisotopic (exact) mass is 277 g/mol. The number of carbonyl (C=O) groups excluding carboxylic acids is 1. The van der Waals surface area contributed by atoms with E-state index >= 15 is 0 Å². The highest BCUT2D eigenvalue weighted by Gasteiger charge is 2.20. The third-order valence-corrected chi connectivity index (χ3v) is 3.65. The van der Waals surface area contributed by atoms with E-state index in [0.717, 1.165) is 19.4 Å². The number of nitro groups is 1. The molecule has 1 aromatic carbocycles. The van der Waals surface area contributed by atoms with Gasteiger partial charge in [0.25, 0.3) is 5.69 Å². The minimum atomic E-state index is -0.457. The minimum absolute atomic E-state index is 0.0210. The van der Waals surface area contributed by atoms with Crippen molar-refractivity contribution in [3.63, 3.8) is 0 Å². The van der Waals surface area contributed by atoms with Crippen LogP contribution in [0.5, 0.6) is 0 Å². The van der Waals surface area contributed by atoms with Crippen LogP contribution in [0, 0.1) is 10.1 Å². The fraction of sp³-hybridized carbons (Fsp3) is 0.500. The molecular formula is C14H19N3O3. The van der Waals surface area contributed by atoms with Crippen LogP contribution in [0.1, 0.15) is 26.2 Å². The van der Waals surface area contributed by atoms with Gasteiger partial charge in [-0.1, -0.05) is 6.42 Å². The van der Waals surface area contributed by atoms with Crippen molar-refractivity contribution in [3.05, 3.63) is 34.4 Å². The van der Waals surface area contributed by atoms with Gasteiger partial charge in [0.05, 0.1) is 11.5 Å². The number of nitrogens with one attached hydrogen (secondary N) is 1. The number of hydrogen-bond acceptors (Lipinski definition) is 4. The molecule has 108 valence electrons. The second kappa shape index (κ2) is 6.47. The van der Waals surface area contributed by atoms with E-state index in [0.29, 0.717) is 18.3 Å². The quantitative estimate of drug-likeness (QED) is 0.677. The van der Waals surface area contributed by atoms with E-state index in [1.807, 2.05) is 0 Å². The van der Waals surface area contributed by atoms with Gasteiger partial charge in [0.15, 0.2) is 0 Å². The van der Waals surface area contributed by atoms with E-state index in [1.165, 1.54) is 18.6 Å². The Balaban J connectivity index is 1.89. The maximum absolute atomic E-state index is 12.0. The molecule has 1 N–H and O–H groups in total. The SMILES string of the molecule is C[C@H]1CCCCN1CC(=O)Nc1ccc([N+](=O)[O-])cc1. The first kappa shape index (κ1) is 14.5. The highest BCUT2D eigenvalue weighted by atomic mass is 16.6. The molecule has 6 heteroatoms. The molecule has 0 saturated carbocycles. The van der Waals surface area contributed by atoms with Crippen LogP contribution >= 0.6 is 0 Å². The lowest BCUT2D eigenvalue weighted by Crippen LogP contribution is -2.42. The van der Waals surface area contributed by atoms with Crippen LogP contribution < -0.4 is 5.32 Å². The molecule has 1 aliphatic heterocycles. The fourth-order valence-corrected chi connectivity index (χ4v) is 2.44. The lowest BCUT2D eigenvalue weighted by atomic mass is 10.0. The van der Waals surface area contributed by atoms with Crippen molar-refractivity contribution in [1.82, 2.24) is 4.90 Å². The summed E-state index contributed by atoms with van der Waals surface area (Å²) in [4.78, 5) is 24.2. The molecular weight excluding hydrogens is 258 g/mol. The zero-order valence-corrected chi connectivity index (χ0v) is 11.5. The number of amides is 1. The number of nitro benzene ring substituents is 1. The van der Waals surface area contributed by atoms with Crippen molar-refractivity contribution in [2.45, 2.75) is 32.2 Å².